The van der Waals surface area contributed by atoms with Crippen LogP contribution in [0.2, 0.25) is 0 Å². The Labute approximate surface area is 106 Å². The minimum Gasteiger partial charge on any atom is -0.489 e. The van der Waals surface area contributed by atoms with Gasteiger partial charge in [-0.3, -0.25) is 4.79 Å². The van der Waals surface area contributed by atoms with Crippen molar-refractivity contribution >= 4 is 16.4 Å². The molecule has 0 amide bonds. The maximum atomic E-state index is 11.1. The van der Waals surface area contributed by atoms with E-state index in [4.69, 9.17) is 8.92 Å². The first-order chi connectivity index (χ1) is 8.48. The molecule has 0 N–H and O–H groups in total. The van der Waals surface area contributed by atoms with E-state index in [1.54, 1.807) is 12.1 Å². The molecular weight excluding hydrogens is 256 g/mol. The second-order valence-corrected chi connectivity index (χ2v) is 5.94. The van der Waals surface area contributed by atoms with Gasteiger partial charge < -0.3 is 8.92 Å². The molecule has 1 aromatic rings. The van der Waals surface area contributed by atoms with Crippen molar-refractivity contribution in [2.45, 2.75) is 12.8 Å². The van der Waals surface area contributed by atoms with E-state index in [0.717, 1.165) is 19.1 Å². The van der Waals surface area contributed by atoms with Gasteiger partial charge in [0.15, 0.2) is 11.5 Å². The quantitative estimate of drug-likeness (QED) is 0.580. The number of rotatable bonds is 6. The summed E-state index contributed by atoms with van der Waals surface area (Å²) in [7, 11) is -3.64. The van der Waals surface area contributed by atoms with Crippen LogP contribution in [0.4, 0.5) is 0 Å². The van der Waals surface area contributed by atoms with Crippen LogP contribution in [0.1, 0.15) is 23.2 Å². The lowest BCUT2D eigenvalue weighted by atomic mass is 10.2. The third-order valence-electron chi connectivity index (χ3n) is 2.52. The van der Waals surface area contributed by atoms with Crippen molar-refractivity contribution in [1.82, 2.24) is 0 Å². The standard InChI is InChI=1S/C12H14O5S/c1-18(14,15)17-12-6-10(7-13)4-5-11(12)16-8-9-2-3-9/h4-7,9H,2-3,8H2,1H3. The minimum absolute atomic E-state index is 0.0581. The molecule has 0 atom stereocenters. The van der Waals surface area contributed by atoms with E-state index in [9.17, 15) is 13.2 Å². The van der Waals surface area contributed by atoms with Gasteiger partial charge in [-0.15, -0.1) is 0 Å². The molecule has 1 fully saturated rings. The molecule has 2 rings (SSSR count). The van der Waals surface area contributed by atoms with Gasteiger partial charge in [-0.25, -0.2) is 0 Å². The zero-order chi connectivity index (χ0) is 13.2. The van der Waals surface area contributed by atoms with Crippen molar-refractivity contribution in [3.8, 4) is 11.5 Å². The number of hydrogen-bond donors (Lipinski definition) is 0. The van der Waals surface area contributed by atoms with Crippen molar-refractivity contribution in [3.05, 3.63) is 23.8 Å². The van der Waals surface area contributed by atoms with Gasteiger partial charge in [0.2, 0.25) is 0 Å². The minimum atomic E-state index is -3.64. The average Bonchev–Trinajstić information content (AvgIpc) is 3.09. The lowest BCUT2D eigenvalue weighted by Crippen LogP contribution is -2.08. The Morgan fingerprint density at radius 3 is 2.61 bits per heavy atom. The zero-order valence-corrected chi connectivity index (χ0v) is 10.8. The smallest absolute Gasteiger partial charge is 0.306 e. The third-order valence-corrected chi connectivity index (χ3v) is 3.00. The predicted octanol–water partition coefficient (Wildman–Crippen LogP) is 1.63. The highest BCUT2D eigenvalue weighted by molar-refractivity contribution is 7.86. The van der Waals surface area contributed by atoms with Crippen molar-refractivity contribution < 1.29 is 22.1 Å². The van der Waals surface area contributed by atoms with Crippen LogP contribution in [0, 0.1) is 5.92 Å². The number of hydrogen-bond acceptors (Lipinski definition) is 5. The molecule has 5 nitrogen and oxygen atoms in total. The average molecular weight is 270 g/mol. The highest BCUT2D eigenvalue weighted by Gasteiger charge is 2.23. The van der Waals surface area contributed by atoms with Gasteiger partial charge in [0.05, 0.1) is 12.9 Å². The molecule has 0 heterocycles. The van der Waals surface area contributed by atoms with E-state index in [-0.39, 0.29) is 5.75 Å². The Balaban J connectivity index is 2.21. The molecule has 18 heavy (non-hydrogen) atoms. The molecule has 98 valence electrons. The fourth-order valence-corrected chi connectivity index (χ4v) is 1.89. The molecule has 0 aromatic heterocycles. The van der Waals surface area contributed by atoms with E-state index >= 15 is 0 Å². The Bertz CT molecular complexity index is 546. The first kappa shape index (κ1) is 12.9. The van der Waals surface area contributed by atoms with Crippen molar-refractivity contribution in [3.63, 3.8) is 0 Å². The Kier molecular flexibility index (Phi) is 3.56. The van der Waals surface area contributed by atoms with Gasteiger partial charge in [-0.1, -0.05) is 0 Å². The van der Waals surface area contributed by atoms with Crippen molar-refractivity contribution in [1.29, 1.82) is 0 Å². The second kappa shape index (κ2) is 4.97. The molecule has 1 aliphatic rings. The Morgan fingerprint density at radius 2 is 2.06 bits per heavy atom. The molecule has 0 saturated heterocycles. The van der Waals surface area contributed by atoms with Crippen LogP contribution in [-0.4, -0.2) is 27.6 Å². The normalized spacial score (nSPS) is 15.2. The number of carbonyl (C=O) groups is 1. The van der Waals surface area contributed by atoms with Crippen LogP contribution in [-0.2, 0) is 10.1 Å². The van der Waals surface area contributed by atoms with E-state index in [1.807, 2.05) is 0 Å². The largest absolute Gasteiger partial charge is 0.489 e. The summed E-state index contributed by atoms with van der Waals surface area (Å²) in [6, 6.07) is 4.47. The van der Waals surface area contributed by atoms with Gasteiger partial charge in [0, 0.05) is 5.56 Å². The van der Waals surface area contributed by atoms with Crippen LogP contribution in [0.25, 0.3) is 0 Å². The molecule has 6 heteroatoms. The second-order valence-electron chi connectivity index (χ2n) is 4.37. The number of ether oxygens (including phenoxy) is 1. The highest BCUT2D eigenvalue weighted by atomic mass is 32.2. The first-order valence-electron chi connectivity index (χ1n) is 5.59. The highest BCUT2D eigenvalue weighted by Crippen LogP contribution is 2.33. The summed E-state index contributed by atoms with van der Waals surface area (Å²) in [4.78, 5) is 10.7. The SMILES string of the molecule is CS(=O)(=O)Oc1cc(C=O)ccc1OCC1CC1. The maximum Gasteiger partial charge on any atom is 0.306 e. The van der Waals surface area contributed by atoms with Crippen LogP contribution in [0.15, 0.2) is 18.2 Å². The van der Waals surface area contributed by atoms with Crippen LogP contribution in [0.3, 0.4) is 0 Å². The molecule has 1 aliphatic carbocycles. The summed E-state index contributed by atoms with van der Waals surface area (Å²) in [5.74, 6) is 0.947. The Morgan fingerprint density at radius 1 is 1.33 bits per heavy atom. The number of benzene rings is 1. The Hall–Kier alpha value is -1.56. The molecule has 1 aromatic carbocycles. The zero-order valence-electron chi connectivity index (χ0n) is 9.96. The number of carbonyl (C=O) groups excluding carboxylic acids is 1. The van der Waals surface area contributed by atoms with E-state index in [1.165, 1.54) is 6.07 Å². The van der Waals surface area contributed by atoms with E-state index in [0.29, 0.717) is 30.1 Å². The molecule has 0 unspecified atom stereocenters. The predicted molar refractivity (Wildman–Crippen MR) is 65.5 cm³/mol. The van der Waals surface area contributed by atoms with Crippen LogP contribution < -0.4 is 8.92 Å². The molecule has 0 aliphatic heterocycles. The maximum absolute atomic E-state index is 11.1. The first-order valence-corrected chi connectivity index (χ1v) is 7.41. The van der Waals surface area contributed by atoms with Gasteiger partial charge in [-0.05, 0) is 37.0 Å². The molecule has 1 saturated carbocycles. The van der Waals surface area contributed by atoms with Crippen LogP contribution >= 0.6 is 0 Å². The number of aldehydes is 1. The van der Waals surface area contributed by atoms with Gasteiger partial charge in [0.25, 0.3) is 0 Å². The molecule has 0 radical (unpaired) electrons. The topological polar surface area (TPSA) is 69.7 Å². The van der Waals surface area contributed by atoms with Gasteiger partial charge >= 0.3 is 10.1 Å². The third kappa shape index (κ3) is 3.73. The summed E-state index contributed by atoms with van der Waals surface area (Å²) in [6.07, 6.45) is 3.84. The van der Waals surface area contributed by atoms with E-state index < -0.39 is 10.1 Å². The fraction of sp³-hybridized carbons (Fsp3) is 0.417. The van der Waals surface area contributed by atoms with Crippen molar-refractivity contribution in [2.24, 2.45) is 5.92 Å². The summed E-state index contributed by atoms with van der Waals surface area (Å²) in [6.45, 7) is 0.542. The summed E-state index contributed by atoms with van der Waals surface area (Å²) in [5.41, 5.74) is 0.340. The molecule has 0 spiro atoms. The monoisotopic (exact) mass is 270 g/mol. The lowest BCUT2D eigenvalue weighted by Gasteiger charge is -2.11. The fourth-order valence-electron chi connectivity index (χ4n) is 1.44. The lowest BCUT2D eigenvalue weighted by molar-refractivity contribution is 0.112. The molecule has 0 bridgehead atoms. The van der Waals surface area contributed by atoms with Gasteiger partial charge in [-0.2, -0.15) is 8.42 Å². The summed E-state index contributed by atoms with van der Waals surface area (Å²) in [5, 5.41) is 0. The summed E-state index contributed by atoms with van der Waals surface area (Å²) >= 11 is 0. The van der Waals surface area contributed by atoms with E-state index in [2.05, 4.69) is 0 Å². The summed E-state index contributed by atoms with van der Waals surface area (Å²) < 4.78 is 32.6. The molecular formula is C12H14O5S. The van der Waals surface area contributed by atoms with Crippen LogP contribution in [0.5, 0.6) is 11.5 Å². The van der Waals surface area contributed by atoms with Crippen molar-refractivity contribution in [2.75, 3.05) is 12.9 Å². The van der Waals surface area contributed by atoms with Gasteiger partial charge in [0.1, 0.15) is 6.29 Å².